The van der Waals surface area contributed by atoms with E-state index in [-0.39, 0.29) is 0 Å². The average molecular weight is 177 g/mol. The van der Waals surface area contributed by atoms with Gasteiger partial charge in [-0.3, -0.25) is 0 Å². The molecule has 0 amide bonds. The highest BCUT2D eigenvalue weighted by Crippen LogP contribution is 2.22. The number of rotatable bonds is 4. The molecule has 0 fully saturated rings. The van der Waals surface area contributed by atoms with Crippen molar-refractivity contribution in [1.82, 2.24) is 0 Å². The van der Waals surface area contributed by atoms with E-state index in [1.54, 1.807) is 0 Å². The minimum Gasteiger partial charge on any atom is -0.364 e. The maximum Gasteiger partial charge on any atom is 0.330 e. The molecule has 0 rings (SSSR count). The smallest absolute Gasteiger partial charge is 0.330 e. The van der Waals surface area contributed by atoms with E-state index >= 15 is 0 Å². The van der Waals surface area contributed by atoms with Gasteiger partial charge in [-0.1, -0.05) is 12.6 Å². The first-order chi connectivity index (χ1) is 4.50. The quantitative estimate of drug-likeness (QED) is 0.597. The Labute approximate surface area is 60.8 Å². The molecule has 0 aliphatic rings. The van der Waals surface area contributed by atoms with Crippen LogP contribution in [0, 0.1) is 0 Å². The van der Waals surface area contributed by atoms with Crippen molar-refractivity contribution in [3.8, 4) is 0 Å². The van der Waals surface area contributed by atoms with E-state index in [0.717, 1.165) is 0 Å². The topological polar surface area (TPSA) is 9.23 Å². The van der Waals surface area contributed by atoms with Crippen molar-refractivity contribution in [2.24, 2.45) is 0 Å². The van der Waals surface area contributed by atoms with E-state index in [9.17, 15) is 17.6 Å². The number of alkyl halides is 4. The zero-order valence-electron chi connectivity index (χ0n) is 4.82. The van der Waals surface area contributed by atoms with Gasteiger partial charge in [0.2, 0.25) is 0 Å². The van der Waals surface area contributed by atoms with Gasteiger partial charge >= 0.3 is 12.3 Å². The van der Waals surface area contributed by atoms with Gasteiger partial charge in [0.25, 0.3) is 0 Å². The van der Waals surface area contributed by atoms with Crippen molar-refractivity contribution >= 4 is 12.6 Å². The molecule has 0 aromatic rings. The summed E-state index contributed by atoms with van der Waals surface area (Å²) in [5.41, 5.74) is 0. The van der Waals surface area contributed by atoms with Gasteiger partial charge in [0.1, 0.15) is 12.5 Å². The molecule has 0 saturated carbocycles. The molecule has 0 N–H and O–H groups in total. The Balaban J connectivity index is 3.63. The van der Waals surface area contributed by atoms with Crippen molar-refractivity contribution in [1.29, 1.82) is 0 Å². The maximum atomic E-state index is 11.8. The molecule has 0 spiro atoms. The van der Waals surface area contributed by atoms with Crippen molar-refractivity contribution in [2.45, 2.75) is 12.3 Å². The van der Waals surface area contributed by atoms with Crippen LogP contribution in [-0.4, -0.2) is 24.9 Å². The summed E-state index contributed by atoms with van der Waals surface area (Å²) in [5, 5.41) is 0. The Bertz CT molecular complexity index is 97.3. The SMILES string of the molecule is FC(F)C(F)(F)COC[S]. The average Bonchev–Trinajstić information content (AvgIpc) is 1.84. The number of halogens is 4. The van der Waals surface area contributed by atoms with Gasteiger partial charge in [0, 0.05) is 0 Å². The third-order valence-electron chi connectivity index (χ3n) is 0.697. The van der Waals surface area contributed by atoms with Crippen LogP contribution in [0.15, 0.2) is 0 Å². The second-order valence-corrected chi connectivity index (χ2v) is 1.76. The lowest BCUT2D eigenvalue weighted by Crippen LogP contribution is -2.32. The lowest BCUT2D eigenvalue weighted by atomic mass is 10.4. The minimum atomic E-state index is -4.07. The predicted octanol–water partition coefficient (Wildman–Crippen LogP) is 2.06. The predicted molar refractivity (Wildman–Crippen MR) is 29.4 cm³/mol. The van der Waals surface area contributed by atoms with Gasteiger partial charge < -0.3 is 4.74 Å². The summed E-state index contributed by atoms with van der Waals surface area (Å²) in [6.07, 6.45) is -3.69. The molecule has 1 nitrogen and oxygen atoms in total. The Morgan fingerprint density at radius 2 is 1.90 bits per heavy atom. The van der Waals surface area contributed by atoms with Crippen LogP contribution in [-0.2, 0) is 4.74 Å². The Morgan fingerprint density at radius 3 is 2.20 bits per heavy atom. The zero-order valence-corrected chi connectivity index (χ0v) is 5.64. The minimum absolute atomic E-state index is 0.400. The van der Waals surface area contributed by atoms with E-state index in [4.69, 9.17) is 0 Å². The summed E-state index contributed by atoms with van der Waals surface area (Å²) < 4.78 is 50.1. The molecule has 0 aliphatic carbocycles. The van der Waals surface area contributed by atoms with Gasteiger partial charge in [-0.15, -0.1) is 0 Å². The highest BCUT2D eigenvalue weighted by atomic mass is 32.1. The lowest BCUT2D eigenvalue weighted by molar-refractivity contribution is -0.161. The molecule has 1 radical (unpaired) electrons. The summed E-state index contributed by atoms with van der Waals surface area (Å²) in [6.45, 7) is -1.31. The van der Waals surface area contributed by atoms with Gasteiger partial charge in [-0.05, 0) is 0 Å². The monoisotopic (exact) mass is 177 g/mol. The third-order valence-corrected chi connectivity index (χ3v) is 0.864. The van der Waals surface area contributed by atoms with Crippen LogP contribution in [0.1, 0.15) is 0 Å². The summed E-state index contributed by atoms with van der Waals surface area (Å²) in [4.78, 5) is 0. The largest absolute Gasteiger partial charge is 0.364 e. The molecule has 10 heavy (non-hydrogen) atoms. The summed E-state index contributed by atoms with van der Waals surface area (Å²) in [5.74, 6) is -4.47. The second-order valence-electron chi connectivity index (χ2n) is 1.53. The molecule has 0 aromatic carbocycles. The molecule has 0 heterocycles. The lowest BCUT2D eigenvalue weighted by Gasteiger charge is -2.13. The molecule has 0 atom stereocenters. The van der Waals surface area contributed by atoms with Gasteiger partial charge in [-0.25, -0.2) is 8.78 Å². The van der Waals surface area contributed by atoms with Crippen LogP contribution in [0.25, 0.3) is 0 Å². The van der Waals surface area contributed by atoms with Gasteiger partial charge in [-0.2, -0.15) is 8.78 Å². The molecular weight excluding hydrogens is 172 g/mol. The third kappa shape index (κ3) is 3.26. The molecule has 61 valence electrons. The second kappa shape index (κ2) is 4.02. The van der Waals surface area contributed by atoms with E-state index in [2.05, 4.69) is 17.4 Å². The van der Waals surface area contributed by atoms with E-state index in [1.807, 2.05) is 0 Å². The van der Waals surface area contributed by atoms with E-state index in [1.165, 1.54) is 0 Å². The van der Waals surface area contributed by atoms with Crippen LogP contribution in [0.5, 0.6) is 0 Å². The fourth-order valence-electron chi connectivity index (χ4n) is 0.241. The maximum absolute atomic E-state index is 11.8. The first-order valence-electron chi connectivity index (χ1n) is 2.32. The van der Waals surface area contributed by atoms with E-state index in [0.29, 0.717) is 0 Å². The van der Waals surface area contributed by atoms with Crippen LogP contribution >= 0.6 is 12.6 Å². The molecule has 0 saturated heterocycles. The molecule has 0 aliphatic heterocycles. The van der Waals surface area contributed by atoms with Crippen molar-refractivity contribution < 1.29 is 22.3 Å². The highest BCUT2D eigenvalue weighted by molar-refractivity contribution is 7.80. The molecular formula is C4H5F4OS. The molecule has 6 heteroatoms. The van der Waals surface area contributed by atoms with Gasteiger partial charge in [0.15, 0.2) is 0 Å². The van der Waals surface area contributed by atoms with Crippen molar-refractivity contribution in [3.05, 3.63) is 0 Å². The Morgan fingerprint density at radius 1 is 1.40 bits per heavy atom. The first-order valence-corrected chi connectivity index (χ1v) is 2.90. The number of hydrogen-bond acceptors (Lipinski definition) is 1. The van der Waals surface area contributed by atoms with Crippen LogP contribution in [0.4, 0.5) is 17.6 Å². The first kappa shape index (κ1) is 10.0. The molecule has 0 aromatic heterocycles. The fraction of sp³-hybridized carbons (Fsp3) is 1.00. The standard InChI is InChI=1S/C4H5F4OS/c5-3(6)4(7,8)1-9-2-10/h3H,1-2H2. The fourth-order valence-corrected chi connectivity index (χ4v) is 0.324. The zero-order chi connectivity index (χ0) is 8.20. The number of hydrogen-bond donors (Lipinski definition) is 0. The summed E-state index contributed by atoms with van der Waals surface area (Å²) in [7, 11) is 0. The Kier molecular flexibility index (Phi) is 4.04. The summed E-state index contributed by atoms with van der Waals surface area (Å²) in [6, 6.07) is 0. The van der Waals surface area contributed by atoms with Crippen LogP contribution in [0.3, 0.4) is 0 Å². The van der Waals surface area contributed by atoms with Crippen LogP contribution in [0.2, 0.25) is 0 Å². The number of ether oxygens (including phenoxy) is 1. The van der Waals surface area contributed by atoms with Crippen molar-refractivity contribution in [2.75, 3.05) is 12.5 Å². The normalized spacial score (nSPS) is 12.6. The van der Waals surface area contributed by atoms with Crippen molar-refractivity contribution in [3.63, 3.8) is 0 Å². The molecule has 0 bridgehead atoms. The Hall–Kier alpha value is 0.0300. The van der Waals surface area contributed by atoms with Crippen LogP contribution < -0.4 is 0 Å². The van der Waals surface area contributed by atoms with Gasteiger partial charge in [0.05, 0.1) is 0 Å². The van der Waals surface area contributed by atoms with E-state index < -0.39 is 24.9 Å². The highest BCUT2D eigenvalue weighted by Gasteiger charge is 2.40. The molecule has 0 unspecified atom stereocenters. The summed E-state index contributed by atoms with van der Waals surface area (Å²) >= 11 is 4.11.